The highest BCUT2D eigenvalue weighted by Gasteiger charge is 2.13. The number of hydrogen-bond donors (Lipinski definition) is 0. The van der Waals surface area contributed by atoms with Crippen LogP contribution >= 0.6 is 11.6 Å². The average Bonchev–Trinajstić information content (AvgIpc) is 2.74. The minimum absolute atomic E-state index is 0.448. The first-order valence-corrected chi connectivity index (χ1v) is 10.6. The molecule has 6 heteroatoms. The SMILES string of the molecule is C=CCN(C)CCCCCCOc1ccc(N(C)C(=O)Oc2ccc(Cl)cc2)cc1. The summed E-state index contributed by atoms with van der Waals surface area (Å²) in [5.41, 5.74) is 0.727. The van der Waals surface area contributed by atoms with Crippen molar-refractivity contribution in [2.45, 2.75) is 25.7 Å². The number of halogens is 1. The molecule has 0 saturated heterocycles. The van der Waals surface area contributed by atoms with E-state index in [0.717, 1.165) is 37.4 Å². The Morgan fingerprint density at radius 3 is 2.27 bits per heavy atom. The number of likely N-dealkylation sites (N-methyl/N-ethyl adjacent to an activating group) is 1. The van der Waals surface area contributed by atoms with Crippen LogP contribution in [-0.2, 0) is 0 Å². The van der Waals surface area contributed by atoms with Crippen molar-refractivity contribution in [2.24, 2.45) is 0 Å². The lowest BCUT2D eigenvalue weighted by atomic mass is 10.2. The van der Waals surface area contributed by atoms with E-state index in [1.165, 1.54) is 17.7 Å². The van der Waals surface area contributed by atoms with Crippen LogP contribution in [0.5, 0.6) is 11.5 Å². The highest BCUT2D eigenvalue weighted by atomic mass is 35.5. The lowest BCUT2D eigenvalue weighted by molar-refractivity contribution is 0.209. The van der Waals surface area contributed by atoms with Gasteiger partial charge in [0.05, 0.1) is 6.61 Å². The second-order valence-corrected chi connectivity index (χ2v) is 7.62. The van der Waals surface area contributed by atoms with Crippen LogP contribution in [-0.4, -0.2) is 44.8 Å². The van der Waals surface area contributed by atoms with Gasteiger partial charge in [-0.15, -0.1) is 6.58 Å². The summed E-state index contributed by atoms with van der Waals surface area (Å²) in [4.78, 5) is 16.0. The van der Waals surface area contributed by atoms with Gasteiger partial charge < -0.3 is 14.4 Å². The van der Waals surface area contributed by atoms with Gasteiger partial charge in [0.2, 0.25) is 0 Å². The maximum Gasteiger partial charge on any atom is 0.419 e. The Kier molecular flexibility index (Phi) is 10.3. The standard InChI is InChI=1S/C24H31ClN2O3/c1-4-17-26(2)18-7-5-6-8-19-29-22-15-11-21(12-16-22)27(3)24(28)30-23-13-9-20(25)10-14-23/h4,9-16H,1,5-8,17-19H2,2-3H3. The van der Waals surface area contributed by atoms with Gasteiger partial charge in [-0.2, -0.15) is 0 Å². The zero-order valence-electron chi connectivity index (χ0n) is 17.9. The Bertz CT molecular complexity index is 778. The maximum absolute atomic E-state index is 12.3. The number of anilines is 1. The molecule has 1 amide bonds. The molecule has 0 aliphatic rings. The normalized spacial score (nSPS) is 10.7. The maximum atomic E-state index is 12.3. The van der Waals surface area contributed by atoms with E-state index in [2.05, 4.69) is 18.5 Å². The van der Waals surface area contributed by atoms with Gasteiger partial charge in [-0.25, -0.2) is 4.79 Å². The van der Waals surface area contributed by atoms with Gasteiger partial charge in [0, 0.05) is 24.3 Å². The third-order valence-electron chi connectivity index (χ3n) is 4.66. The molecule has 0 N–H and O–H groups in total. The lowest BCUT2D eigenvalue weighted by Crippen LogP contribution is -2.29. The minimum atomic E-state index is -0.468. The van der Waals surface area contributed by atoms with Crippen molar-refractivity contribution in [3.05, 3.63) is 66.2 Å². The van der Waals surface area contributed by atoms with Crippen molar-refractivity contribution < 1.29 is 14.3 Å². The molecule has 0 atom stereocenters. The predicted molar refractivity (Wildman–Crippen MR) is 124 cm³/mol. The van der Waals surface area contributed by atoms with Gasteiger partial charge in [0.15, 0.2) is 0 Å². The monoisotopic (exact) mass is 430 g/mol. The molecule has 0 aromatic heterocycles. The molecule has 2 aromatic carbocycles. The summed E-state index contributed by atoms with van der Waals surface area (Å²) in [6.45, 7) is 6.48. The zero-order chi connectivity index (χ0) is 21.8. The predicted octanol–water partition coefficient (Wildman–Crippen LogP) is 6.03. The van der Waals surface area contributed by atoms with Gasteiger partial charge in [0.25, 0.3) is 0 Å². The highest BCUT2D eigenvalue weighted by Crippen LogP contribution is 2.21. The van der Waals surface area contributed by atoms with E-state index < -0.39 is 6.09 Å². The van der Waals surface area contributed by atoms with Crippen LogP contribution < -0.4 is 14.4 Å². The zero-order valence-corrected chi connectivity index (χ0v) is 18.6. The summed E-state index contributed by atoms with van der Waals surface area (Å²) in [5.74, 6) is 1.24. The number of carbonyl (C=O) groups is 1. The molecule has 162 valence electrons. The summed E-state index contributed by atoms with van der Waals surface area (Å²) < 4.78 is 11.1. The van der Waals surface area contributed by atoms with Crippen LogP contribution in [0, 0.1) is 0 Å². The summed E-state index contributed by atoms with van der Waals surface area (Å²) in [6.07, 6.45) is 6.03. The summed E-state index contributed by atoms with van der Waals surface area (Å²) in [7, 11) is 3.78. The lowest BCUT2D eigenvalue weighted by Gasteiger charge is -2.17. The van der Waals surface area contributed by atoms with Crippen molar-refractivity contribution >= 4 is 23.4 Å². The van der Waals surface area contributed by atoms with E-state index in [-0.39, 0.29) is 0 Å². The molecule has 2 aromatic rings. The molecular formula is C24H31ClN2O3. The van der Waals surface area contributed by atoms with E-state index >= 15 is 0 Å². The molecule has 0 unspecified atom stereocenters. The first kappa shape index (κ1) is 23.8. The molecule has 0 aliphatic carbocycles. The molecule has 0 bridgehead atoms. The summed E-state index contributed by atoms with van der Waals surface area (Å²) in [5, 5.41) is 0.592. The number of amides is 1. The second kappa shape index (κ2) is 12.9. The molecule has 0 spiro atoms. The number of hydrogen-bond acceptors (Lipinski definition) is 4. The Balaban J connectivity index is 1.68. The van der Waals surface area contributed by atoms with Crippen molar-refractivity contribution in [3.8, 4) is 11.5 Å². The van der Waals surface area contributed by atoms with Crippen molar-refractivity contribution in [1.29, 1.82) is 0 Å². The fourth-order valence-electron chi connectivity index (χ4n) is 2.88. The largest absolute Gasteiger partial charge is 0.494 e. The fourth-order valence-corrected chi connectivity index (χ4v) is 3.01. The van der Waals surface area contributed by atoms with Gasteiger partial charge >= 0.3 is 6.09 Å². The van der Waals surface area contributed by atoms with Crippen molar-refractivity contribution in [1.82, 2.24) is 4.90 Å². The number of carbonyl (C=O) groups excluding carboxylic acids is 1. The van der Waals surface area contributed by atoms with Crippen LogP contribution in [0.4, 0.5) is 10.5 Å². The van der Waals surface area contributed by atoms with Gasteiger partial charge in [-0.1, -0.05) is 30.5 Å². The molecule has 0 radical (unpaired) electrons. The molecular weight excluding hydrogens is 400 g/mol. The minimum Gasteiger partial charge on any atom is -0.494 e. The molecule has 30 heavy (non-hydrogen) atoms. The Labute approximate surface area is 184 Å². The smallest absolute Gasteiger partial charge is 0.419 e. The average molecular weight is 431 g/mol. The van der Waals surface area contributed by atoms with Crippen LogP contribution in [0.2, 0.25) is 5.02 Å². The van der Waals surface area contributed by atoms with E-state index in [0.29, 0.717) is 17.4 Å². The Hall–Kier alpha value is -2.50. The summed E-state index contributed by atoms with van der Waals surface area (Å²) >= 11 is 5.84. The van der Waals surface area contributed by atoms with Crippen LogP contribution in [0.3, 0.4) is 0 Å². The van der Waals surface area contributed by atoms with Crippen LogP contribution in [0.25, 0.3) is 0 Å². The third kappa shape index (κ3) is 8.47. The number of unbranched alkanes of at least 4 members (excludes halogenated alkanes) is 3. The Morgan fingerprint density at radius 2 is 1.60 bits per heavy atom. The van der Waals surface area contributed by atoms with E-state index in [9.17, 15) is 4.79 Å². The quantitative estimate of drug-likeness (QED) is 0.304. The Morgan fingerprint density at radius 1 is 0.967 bits per heavy atom. The van der Waals surface area contributed by atoms with Crippen molar-refractivity contribution in [3.63, 3.8) is 0 Å². The van der Waals surface area contributed by atoms with E-state index in [1.54, 1.807) is 31.3 Å². The number of rotatable bonds is 12. The van der Waals surface area contributed by atoms with E-state index in [1.807, 2.05) is 30.3 Å². The second-order valence-electron chi connectivity index (χ2n) is 7.19. The highest BCUT2D eigenvalue weighted by molar-refractivity contribution is 6.30. The van der Waals surface area contributed by atoms with E-state index in [4.69, 9.17) is 21.1 Å². The summed E-state index contributed by atoms with van der Waals surface area (Å²) in [6, 6.07) is 14.1. The number of ether oxygens (including phenoxy) is 2. The first-order chi connectivity index (χ1) is 14.5. The fraction of sp³-hybridized carbons (Fsp3) is 0.375. The molecule has 0 fully saturated rings. The van der Waals surface area contributed by atoms with Gasteiger partial charge in [-0.05, 0) is 75.0 Å². The first-order valence-electron chi connectivity index (χ1n) is 10.2. The third-order valence-corrected chi connectivity index (χ3v) is 4.91. The molecule has 2 rings (SSSR count). The number of benzene rings is 2. The van der Waals surface area contributed by atoms with Gasteiger partial charge in [0.1, 0.15) is 11.5 Å². The molecule has 0 saturated carbocycles. The molecule has 0 aliphatic heterocycles. The number of nitrogens with zero attached hydrogens (tertiary/aromatic N) is 2. The topological polar surface area (TPSA) is 42.0 Å². The van der Waals surface area contributed by atoms with Crippen LogP contribution in [0.15, 0.2) is 61.2 Å². The molecule has 5 nitrogen and oxygen atoms in total. The van der Waals surface area contributed by atoms with Crippen molar-refractivity contribution in [2.75, 3.05) is 38.7 Å². The molecule has 0 heterocycles. The van der Waals surface area contributed by atoms with Gasteiger partial charge in [-0.3, -0.25) is 4.90 Å². The van der Waals surface area contributed by atoms with Crippen LogP contribution in [0.1, 0.15) is 25.7 Å².